The zero-order valence-corrected chi connectivity index (χ0v) is 12.1. The second kappa shape index (κ2) is 6.33. The third-order valence-electron chi connectivity index (χ3n) is 3.28. The molecule has 0 fully saturated rings. The Hall–Kier alpha value is -2.16. The normalized spacial score (nSPS) is 10.3. The van der Waals surface area contributed by atoms with Gasteiger partial charge in [-0.05, 0) is 49.1 Å². The van der Waals surface area contributed by atoms with Crippen LogP contribution in [0, 0.1) is 13.8 Å². The molecule has 0 saturated carbocycles. The molecule has 1 aromatic heterocycles. The summed E-state index contributed by atoms with van der Waals surface area (Å²) < 4.78 is 5.11. The highest BCUT2D eigenvalue weighted by atomic mass is 16.5. The molecule has 0 atom stereocenters. The van der Waals surface area contributed by atoms with Crippen LogP contribution in [0.1, 0.15) is 33.6 Å². The lowest BCUT2D eigenvalue weighted by molar-refractivity contribution is 0.0977. The summed E-state index contributed by atoms with van der Waals surface area (Å²) in [5, 5.41) is 0. The fraction of sp³-hybridized carbons (Fsp3) is 0.294. The Bertz CT molecular complexity index is 603. The average Bonchev–Trinajstić information content (AvgIpc) is 2.45. The summed E-state index contributed by atoms with van der Waals surface area (Å²) in [6.07, 6.45) is 2.94. The van der Waals surface area contributed by atoms with E-state index in [-0.39, 0.29) is 5.78 Å². The molecule has 3 heteroatoms. The van der Waals surface area contributed by atoms with E-state index in [4.69, 9.17) is 4.74 Å². The number of aryl methyl sites for hydroxylation is 3. The number of Topliss-reactive ketones (excluding diaryl/α,β-unsaturated/α-hetero) is 1. The van der Waals surface area contributed by atoms with Gasteiger partial charge in [-0.15, -0.1) is 0 Å². The molecular formula is C17H19NO2. The predicted molar refractivity (Wildman–Crippen MR) is 79.4 cm³/mol. The van der Waals surface area contributed by atoms with Gasteiger partial charge in [-0.1, -0.05) is 18.2 Å². The molecule has 0 saturated heterocycles. The van der Waals surface area contributed by atoms with Gasteiger partial charge in [0.25, 0.3) is 0 Å². The Morgan fingerprint density at radius 1 is 1.20 bits per heavy atom. The summed E-state index contributed by atoms with van der Waals surface area (Å²) in [5.41, 5.74) is 3.74. The molecule has 0 N–H and O–H groups in total. The first-order chi connectivity index (χ1) is 9.60. The molecule has 2 rings (SSSR count). The van der Waals surface area contributed by atoms with Crippen LogP contribution in [-0.4, -0.2) is 17.9 Å². The summed E-state index contributed by atoms with van der Waals surface area (Å²) in [4.78, 5) is 16.4. The Morgan fingerprint density at radius 2 is 1.90 bits per heavy atom. The average molecular weight is 269 g/mol. The zero-order chi connectivity index (χ0) is 14.5. The van der Waals surface area contributed by atoms with Gasteiger partial charge in [0, 0.05) is 12.6 Å². The van der Waals surface area contributed by atoms with Crippen LogP contribution in [0.5, 0.6) is 5.75 Å². The lowest BCUT2D eigenvalue weighted by atomic mass is 10.0. The maximum atomic E-state index is 12.2. The minimum absolute atomic E-state index is 0.0957. The number of ketones is 1. The van der Waals surface area contributed by atoms with Gasteiger partial charge in [-0.2, -0.15) is 0 Å². The third kappa shape index (κ3) is 3.44. The van der Waals surface area contributed by atoms with E-state index >= 15 is 0 Å². The van der Waals surface area contributed by atoms with E-state index < -0.39 is 0 Å². The molecule has 1 heterocycles. The molecule has 2 aromatic rings. The SMILES string of the molecule is COc1ccc(CCC(=O)c2ncc(C)cc2C)cc1. The van der Waals surface area contributed by atoms with Gasteiger partial charge in [0.15, 0.2) is 5.78 Å². The number of hydrogen-bond acceptors (Lipinski definition) is 3. The lowest BCUT2D eigenvalue weighted by Crippen LogP contribution is -2.06. The number of carbonyl (C=O) groups is 1. The van der Waals surface area contributed by atoms with Crippen LogP contribution in [0.4, 0.5) is 0 Å². The van der Waals surface area contributed by atoms with Gasteiger partial charge >= 0.3 is 0 Å². The number of rotatable bonds is 5. The van der Waals surface area contributed by atoms with Gasteiger partial charge in [0.1, 0.15) is 11.4 Å². The van der Waals surface area contributed by atoms with Crippen molar-refractivity contribution in [3.63, 3.8) is 0 Å². The Balaban J connectivity index is 2.00. The van der Waals surface area contributed by atoms with Crippen LogP contribution in [0.25, 0.3) is 0 Å². The number of benzene rings is 1. The molecule has 0 spiro atoms. The van der Waals surface area contributed by atoms with Crippen LogP contribution in [0.3, 0.4) is 0 Å². The number of pyridine rings is 1. The highest BCUT2D eigenvalue weighted by Crippen LogP contribution is 2.15. The summed E-state index contributed by atoms with van der Waals surface area (Å²) in [6, 6.07) is 9.79. The van der Waals surface area contributed by atoms with Crippen LogP contribution in [-0.2, 0) is 6.42 Å². The first-order valence-corrected chi connectivity index (χ1v) is 6.69. The minimum Gasteiger partial charge on any atom is -0.497 e. The van der Waals surface area contributed by atoms with E-state index in [2.05, 4.69) is 4.98 Å². The van der Waals surface area contributed by atoms with E-state index in [0.717, 1.165) is 28.9 Å². The summed E-state index contributed by atoms with van der Waals surface area (Å²) in [5.74, 6) is 0.925. The number of aromatic nitrogens is 1. The van der Waals surface area contributed by atoms with Gasteiger partial charge in [-0.3, -0.25) is 9.78 Å². The van der Waals surface area contributed by atoms with E-state index in [1.54, 1.807) is 13.3 Å². The maximum Gasteiger partial charge on any atom is 0.181 e. The molecule has 104 valence electrons. The van der Waals surface area contributed by atoms with Gasteiger partial charge in [-0.25, -0.2) is 0 Å². The largest absolute Gasteiger partial charge is 0.497 e. The second-order valence-corrected chi connectivity index (χ2v) is 4.95. The fourth-order valence-corrected chi connectivity index (χ4v) is 2.18. The Morgan fingerprint density at radius 3 is 2.50 bits per heavy atom. The summed E-state index contributed by atoms with van der Waals surface area (Å²) in [6.45, 7) is 3.91. The molecule has 0 aliphatic rings. The van der Waals surface area contributed by atoms with Gasteiger partial charge in [0.05, 0.1) is 7.11 Å². The Kier molecular flexibility index (Phi) is 4.51. The summed E-state index contributed by atoms with van der Waals surface area (Å²) >= 11 is 0. The molecule has 20 heavy (non-hydrogen) atoms. The van der Waals surface area contributed by atoms with E-state index in [9.17, 15) is 4.79 Å². The van der Waals surface area contributed by atoms with Crippen molar-refractivity contribution in [1.29, 1.82) is 0 Å². The van der Waals surface area contributed by atoms with Crippen molar-refractivity contribution in [3.8, 4) is 5.75 Å². The van der Waals surface area contributed by atoms with E-state index in [0.29, 0.717) is 12.1 Å². The van der Waals surface area contributed by atoms with Gasteiger partial charge in [0.2, 0.25) is 0 Å². The fourth-order valence-electron chi connectivity index (χ4n) is 2.18. The number of hydrogen-bond donors (Lipinski definition) is 0. The van der Waals surface area contributed by atoms with Crippen LogP contribution in [0.2, 0.25) is 0 Å². The van der Waals surface area contributed by atoms with Crippen molar-refractivity contribution >= 4 is 5.78 Å². The van der Waals surface area contributed by atoms with E-state index in [1.165, 1.54) is 0 Å². The standard InChI is InChI=1S/C17H19NO2/c1-12-10-13(2)17(18-11-12)16(19)9-6-14-4-7-15(20-3)8-5-14/h4-5,7-8,10-11H,6,9H2,1-3H3. The highest BCUT2D eigenvalue weighted by Gasteiger charge is 2.10. The maximum absolute atomic E-state index is 12.2. The second-order valence-electron chi connectivity index (χ2n) is 4.95. The molecule has 1 aromatic carbocycles. The minimum atomic E-state index is 0.0957. The van der Waals surface area contributed by atoms with Crippen molar-refractivity contribution in [2.24, 2.45) is 0 Å². The highest BCUT2D eigenvalue weighted by molar-refractivity contribution is 5.95. The molecule has 0 amide bonds. The van der Waals surface area contributed by atoms with Crippen molar-refractivity contribution in [1.82, 2.24) is 4.98 Å². The first-order valence-electron chi connectivity index (χ1n) is 6.69. The molecule has 0 unspecified atom stereocenters. The van der Waals surface area contributed by atoms with Gasteiger partial charge < -0.3 is 4.74 Å². The number of methoxy groups -OCH3 is 1. The quantitative estimate of drug-likeness (QED) is 0.780. The van der Waals surface area contributed by atoms with E-state index in [1.807, 2.05) is 44.2 Å². The Labute approximate surface area is 119 Å². The number of ether oxygens (including phenoxy) is 1. The van der Waals surface area contributed by atoms with Crippen molar-refractivity contribution < 1.29 is 9.53 Å². The smallest absolute Gasteiger partial charge is 0.181 e. The number of carbonyl (C=O) groups excluding carboxylic acids is 1. The van der Waals surface area contributed by atoms with Crippen molar-refractivity contribution in [3.05, 3.63) is 58.9 Å². The third-order valence-corrected chi connectivity index (χ3v) is 3.28. The number of nitrogens with zero attached hydrogens (tertiary/aromatic N) is 1. The molecule has 0 radical (unpaired) electrons. The summed E-state index contributed by atoms with van der Waals surface area (Å²) in [7, 11) is 1.64. The van der Waals surface area contributed by atoms with Crippen molar-refractivity contribution in [2.75, 3.05) is 7.11 Å². The van der Waals surface area contributed by atoms with Crippen LogP contribution < -0.4 is 4.74 Å². The first kappa shape index (κ1) is 14.3. The molecular weight excluding hydrogens is 250 g/mol. The lowest BCUT2D eigenvalue weighted by Gasteiger charge is -2.06. The topological polar surface area (TPSA) is 39.2 Å². The van der Waals surface area contributed by atoms with Crippen molar-refractivity contribution in [2.45, 2.75) is 26.7 Å². The molecule has 0 aliphatic carbocycles. The van der Waals surface area contributed by atoms with Crippen LogP contribution >= 0.6 is 0 Å². The monoisotopic (exact) mass is 269 g/mol. The molecule has 0 bridgehead atoms. The predicted octanol–water partition coefficient (Wildman–Crippen LogP) is 3.52. The van der Waals surface area contributed by atoms with Crippen LogP contribution in [0.15, 0.2) is 36.5 Å². The molecule has 3 nitrogen and oxygen atoms in total. The molecule has 0 aliphatic heterocycles. The zero-order valence-electron chi connectivity index (χ0n) is 12.1.